The Labute approximate surface area is 153 Å². The third-order valence-corrected chi connectivity index (χ3v) is 4.29. The lowest BCUT2D eigenvalue weighted by atomic mass is 10.1. The maximum Gasteiger partial charge on any atom is 0.261 e. The van der Waals surface area contributed by atoms with E-state index in [2.05, 4.69) is 10.1 Å². The van der Waals surface area contributed by atoms with E-state index in [9.17, 15) is 4.79 Å². The van der Waals surface area contributed by atoms with Crippen molar-refractivity contribution in [3.05, 3.63) is 76.0 Å². The number of methoxy groups -OCH3 is 1. The highest BCUT2D eigenvalue weighted by molar-refractivity contribution is 6.31. The molecule has 0 radical (unpaired) electrons. The minimum Gasteiger partial charge on any atom is -0.496 e. The lowest BCUT2D eigenvalue weighted by molar-refractivity contribution is 0.375. The van der Waals surface area contributed by atoms with E-state index in [-0.39, 0.29) is 12.1 Å². The van der Waals surface area contributed by atoms with Crippen LogP contribution in [0.25, 0.3) is 22.2 Å². The van der Waals surface area contributed by atoms with Crippen LogP contribution in [0.1, 0.15) is 5.76 Å². The van der Waals surface area contributed by atoms with Gasteiger partial charge in [-0.1, -0.05) is 28.9 Å². The molecule has 0 aliphatic heterocycles. The van der Waals surface area contributed by atoms with E-state index in [0.717, 1.165) is 5.56 Å². The molecule has 130 valence electrons. The first kappa shape index (κ1) is 16.4. The zero-order valence-corrected chi connectivity index (χ0v) is 14.6. The molecule has 2 aromatic carbocycles. The molecule has 0 aliphatic rings. The first-order valence-electron chi connectivity index (χ1n) is 7.89. The maximum absolute atomic E-state index is 12.6. The molecule has 4 rings (SSSR count). The first-order chi connectivity index (χ1) is 12.7. The molecular weight excluding hydrogens is 354 g/mol. The van der Waals surface area contributed by atoms with Gasteiger partial charge < -0.3 is 9.26 Å². The molecule has 0 unspecified atom stereocenters. The normalized spacial score (nSPS) is 11.0. The number of hydrogen-bond acceptors (Lipinski definition) is 5. The summed E-state index contributed by atoms with van der Waals surface area (Å²) in [7, 11) is 1.60. The predicted molar refractivity (Wildman–Crippen MR) is 98.6 cm³/mol. The van der Waals surface area contributed by atoms with E-state index in [4.69, 9.17) is 20.9 Å². The lowest BCUT2D eigenvalue weighted by Gasteiger charge is -2.04. The molecule has 0 saturated carbocycles. The summed E-state index contributed by atoms with van der Waals surface area (Å²) < 4.78 is 12.2. The van der Waals surface area contributed by atoms with Gasteiger partial charge in [-0.25, -0.2) is 4.98 Å². The first-order valence-corrected chi connectivity index (χ1v) is 8.27. The van der Waals surface area contributed by atoms with Crippen molar-refractivity contribution in [3.63, 3.8) is 0 Å². The van der Waals surface area contributed by atoms with Crippen molar-refractivity contribution in [3.8, 4) is 17.0 Å². The number of benzene rings is 2. The Morgan fingerprint density at radius 1 is 1.19 bits per heavy atom. The zero-order chi connectivity index (χ0) is 18.1. The number of hydrogen-bond donors (Lipinski definition) is 0. The molecule has 0 atom stereocenters. The van der Waals surface area contributed by atoms with Gasteiger partial charge in [-0.05, 0) is 30.3 Å². The van der Waals surface area contributed by atoms with E-state index in [1.165, 1.54) is 10.9 Å². The summed E-state index contributed by atoms with van der Waals surface area (Å²) in [6, 6.07) is 14.3. The third-order valence-electron chi connectivity index (χ3n) is 4.06. The largest absolute Gasteiger partial charge is 0.496 e. The highest BCUT2D eigenvalue weighted by Gasteiger charge is 2.12. The highest BCUT2D eigenvalue weighted by Crippen LogP contribution is 2.29. The molecule has 0 spiro atoms. The van der Waals surface area contributed by atoms with Gasteiger partial charge in [0, 0.05) is 16.7 Å². The van der Waals surface area contributed by atoms with Crippen LogP contribution in [0.5, 0.6) is 5.75 Å². The van der Waals surface area contributed by atoms with E-state index in [0.29, 0.717) is 33.1 Å². The molecule has 2 aromatic heterocycles. The average molecular weight is 368 g/mol. The quantitative estimate of drug-likeness (QED) is 0.549. The van der Waals surface area contributed by atoms with Crippen LogP contribution < -0.4 is 10.3 Å². The summed E-state index contributed by atoms with van der Waals surface area (Å²) in [6.07, 6.45) is 1.48. The molecule has 26 heavy (non-hydrogen) atoms. The van der Waals surface area contributed by atoms with Gasteiger partial charge in [0.1, 0.15) is 11.4 Å². The Bertz CT molecular complexity index is 1150. The van der Waals surface area contributed by atoms with Crippen LogP contribution in [0, 0.1) is 0 Å². The molecular formula is C19H14ClN3O3. The van der Waals surface area contributed by atoms with Crippen LogP contribution in [0.15, 0.2) is 64.2 Å². The summed E-state index contributed by atoms with van der Waals surface area (Å²) in [5, 5.41) is 5.13. The molecule has 4 aromatic rings. The molecule has 0 saturated heterocycles. The smallest absolute Gasteiger partial charge is 0.261 e. The monoisotopic (exact) mass is 367 g/mol. The van der Waals surface area contributed by atoms with Crippen molar-refractivity contribution >= 4 is 22.5 Å². The van der Waals surface area contributed by atoms with Crippen LogP contribution >= 0.6 is 11.6 Å². The van der Waals surface area contributed by atoms with Crippen molar-refractivity contribution in [1.82, 2.24) is 14.7 Å². The molecule has 0 N–H and O–H groups in total. The summed E-state index contributed by atoms with van der Waals surface area (Å²) in [5.74, 6) is 1.25. The van der Waals surface area contributed by atoms with E-state index >= 15 is 0 Å². The number of para-hydroxylation sites is 1. The van der Waals surface area contributed by atoms with Gasteiger partial charge in [-0.3, -0.25) is 9.36 Å². The summed E-state index contributed by atoms with van der Waals surface area (Å²) >= 11 is 5.94. The van der Waals surface area contributed by atoms with Crippen LogP contribution in [-0.4, -0.2) is 21.8 Å². The number of nitrogens with zero attached hydrogens (tertiary/aromatic N) is 3. The van der Waals surface area contributed by atoms with E-state index < -0.39 is 0 Å². The highest BCUT2D eigenvalue weighted by atomic mass is 35.5. The maximum atomic E-state index is 12.6. The van der Waals surface area contributed by atoms with Gasteiger partial charge in [0.25, 0.3) is 5.56 Å². The topological polar surface area (TPSA) is 70.2 Å². The number of ether oxygens (including phenoxy) is 1. The molecule has 0 fully saturated rings. The van der Waals surface area contributed by atoms with Crippen molar-refractivity contribution in [2.24, 2.45) is 0 Å². The molecule has 7 heteroatoms. The fourth-order valence-electron chi connectivity index (χ4n) is 2.78. The summed E-state index contributed by atoms with van der Waals surface area (Å²) in [5.41, 5.74) is 1.86. The molecule has 0 aliphatic carbocycles. The Morgan fingerprint density at radius 2 is 2.04 bits per heavy atom. The third kappa shape index (κ3) is 2.95. The van der Waals surface area contributed by atoms with Crippen LogP contribution in [-0.2, 0) is 6.54 Å². The number of halogens is 1. The molecule has 0 bridgehead atoms. The van der Waals surface area contributed by atoms with Crippen LogP contribution in [0.2, 0.25) is 5.02 Å². The van der Waals surface area contributed by atoms with Crippen molar-refractivity contribution in [2.45, 2.75) is 6.54 Å². The minimum absolute atomic E-state index is 0.165. The lowest BCUT2D eigenvalue weighted by Crippen LogP contribution is -2.20. The van der Waals surface area contributed by atoms with E-state index in [1.54, 1.807) is 31.4 Å². The Balaban J connectivity index is 1.68. The average Bonchev–Trinajstić information content (AvgIpc) is 3.12. The van der Waals surface area contributed by atoms with Gasteiger partial charge in [0.2, 0.25) is 0 Å². The Morgan fingerprint density at radius 3 is 2.88 bits per heavy atom. The van der Waals surface area contributed by atoms with Crippen molar-refractivity contribution < 1.29 is 9.26 Å². The van der Waals surface area contributed by atoms with Gasteiger partial charge in [0.15, 0.2) is 5.76 Å². The molecule has 0 amide bonds. The molecule has 6 nitrogen and oxygen atoms in total. The van der Waals surface area contributed by atoms with Gasteiger partial charge >= 0.3 is 0 Å². The fraction of sp³-hybridized carbons (Fsp3) is 0.105. The second-order valence-corrected chi connectivity index (χ2v) is 6.15. The van der Waals surface area contributed by atoms with Crippen molar-refractivity contribution in [1.29, 1.82) is 0 Å². The predicted octanol–water partition coefficient (Wildman–Crippen LogP) is 3.76. The second-order valence-electron chi connectivity index (χ2n) is 5.72. The number of aromatic nitrogens is 3. The molecule has 2 heterocycles. The zero-order valence-electron chi connectivity index (χ0n) is 13.8. The van der Waals surface area contributed by atoms with E-state index in [1.807, 2.05) is 24.3 Å². The minimum atomic E-state index is -0.165. The SMILES string of the molecule is COc1ccccc1-c1cc(Cn2cnc3cc(Cl)ccc3c2=O)on1. The van der Waals surface area contributed by atoms with Crippen LogP contribution in [0.4, 0.5) is 0 Å². The van der Waals surface area contributed by atoms with Crippen LogP contribution in [0.3, 0.4) is 0 Å². The summed E-state index contributed by atoms with van der Waals surface area (Å²) in [6.45, 7) is 0.229. The van der Waals surface area contributed by atoms with Crippen molar-refractivity contribution in [2.75, 3.05) is 7.11 Å². The number of rotatable bonds is 4. The van der Waals surface area contributed by atoms with Gasteiger partial charge in [0.05, 0.1) is 30.9 Å². The number of fused-ring (bicyclic) bond motifs is 1. The Kier molecular flexibility index (Phi) is 4.18. The van der Waals surface area contributed by atoms with Gasteiger partial charge in [-0.15, -0.1) is 0 Å². The summed E-state index contributed by atoms with van der Waals surface area (Å²) in [4.78, 5) is 16.9. The standard InChI is InChI=1S/C19H14ClN3O3/c1-25-18-5-3-2-4-14(18)17-9-13(26-22-17)10-23-11-21-16-8-12(20)6-7-15(16)19(23)24/h2-9,11H,10H2,1H3. The fourth-order valence-corrected chi connectivity index (χ4v) is 2.95. The van der Waals surface area contributed by atoms with Gasteiger partial charge in [-0.2, -0.15) is 0 Å². The Hall–Kier alpha value is -3.12. The second kappa shape index (κ2) is 6.65.